The number of amides is 1. The smallest absolute Gasteiger partial charge is 0.289 e. The number of hydrogen-bond donors (Lipinski definition) is 0. The van der Waals surface area contributed by atoms with E-state index in [4.69, 9.17) is 4.52 Å². The molecule has 0 aliphatic carbocycles. The highest BCUT2D eigenvalue weighted by molar-refractivity contribution is 6.16. The number of fused-ring (bicyclic) bond motifs is 1. The molecular weight excluding hydrogens is 325 g/mol. The van der Waals surface area contributed by atoms with Gasteiger partial charge in [0.1, 0.15) is 5.76 Å². The van der Waals surface area contributed by atoms with Gasteiger partial charge in [0.2, 0.25) is 12.1 Å². The summed E-state index contributed by atoms with van der Waals surface area (Å²) >= 11 is 0. The lowest BCUT2D eigenvalue weighted by molar-refractivity contribution is -0.120. The van der Waals surface area contributed by atoms with Gasteiger partial charge in [-0.25, -0.2) is 9.38 Å². The summed E-state index contributed by atoms with van der Waals surface area (Å²) in [6, 6.07) is 0. The van der Waals surface area contributed by atoms with Gasteiger partial charge in [0.15, 0.2) is 0 Å². The topological polar surface area (TPSA) is 74.3 Å². The second kappa shape index (κ2) is 6.01. The molecule has 4 heterocycles. The third-order valence-electron chi connectivity index (χ3n) is 5.48. The van der Waals surface area contributed by atoms with Crippen LogP contribution in [0.1, 0.15) is 23.9 Å². The second-order valence-electron chi connectivity index (χ2n) is 7.29. The molecule has 25 heavy (non-hydrogen) atoms. The molecule has 2 saturated heterocycles. The lowest BCUT2D eigenvalue weighted by Gasteiger charge is -2.24. The van der Waals surface area contributed by atoms with Crippen LogP contribution >= 0.6 is 0 Å². The summed E-state index contributed by atoms with van der Waals surface area (Å²) < 4.78 is 18.8. The van der Waals surface area contributed by atoms with Gasteiger partial charge in [0.25, 0.3) is 5.91 Å². The van der Waals surface area contributed by atoms with Crippen LogP contribution in [0.2, 0.25) is 0 Å². The molecule has 134 valence electrons. The zero-order chi connectivity index (χ0) is 17.7. The number of rotatable bonds is 2. The number of aryl methyl sites for hydroxylation is 2. The van der Waals surface area contributed by atoms with E-state index in [0.717, 1.165) is 44.2 Å². The summed E-state index contributed by atoms with van der Waals surface area (Å²) in [5.74, 6) is 1.55. The van der Waals surface area contributed by atoms with Crippen LogP contribution < -0.4 is 0 Å². The van der Waals surface area contributed by atoms with E-state index in [0.29, 0.717) is 17.8 Å². The van der Waals surface area contributed by atoms with Crippen LogP contribution in [0, 0.1) is 25.7 Å². The van der Waals surface area contributed by atoms with E-state index < -0.39 is 12.1 Å². The second-order valence-corrected chi connectivity index (χ2v) is 7.29. The third kappa shape index (κ3) is 2.88. The zero-order valence-electron chi connectivity index (χ0n) is 14.7. The van der Waals surface area contributed by atoms with Gasteiger partial charge in [-0.1, -0.05) is 5.16 Å². The summed E-state index contributed by atoms with van der Waals surface area (Å²) in [5.41, 5.74) is 2.33. The van der Waals surface area contributed by atoms with Gasteiger partial charge in [0, 0.05) is 38.3 Å². The van der Waals surface area contributed by atoms with E-state index in [9.17, 15) is 9.18 Å². The van der Waals surface area contributed by atoms with Crippen LogP contribution in [-0.2, 0) is 11.3 Å². The Labute approximate surface area is 145 Å². The van der Waals surface area contributed by atoms with E-state index in [-0.39, 0.29) is 5.71 Å². The van der Waals surface area contributed by atoms with Crippen LogP contribution in [0.25, 0.3) is 0 Å². The minimum atomic E-state index is -1.68. The molecule has 0 spiro atoms. The van der Waals surface area contributed by atoms with Crippen molar-refractivity contribution in [2.45, 2.75) is 33.5 Å². The van der Waals surface area contributed by atoms with E-state index in [1.54, 1.807) is 6.92 Å². The van der Waals surface area contributed by atoms with Crippen molar-refractivity contribution in [2.75, 3.05) is 26.2 Å². The molecule has 3 aliphatic heterocycles. The number of alkyl halides is 1. The first-order chi connectivity index (χ1) is 11.9. The maximum Gasteiger partial charge on any atom is 0.289 e. The summed E-state index contributed by atoms with van der Waals surface area (Å²) in [7, 11) is 0. The molecule has 8 heteroatoms. The Morgan fingerprint density at radius 3 is 2.36 bits per heavy atom. The molecule has 0 aromatic carbocycles. The van der Waals surface area contributed by atoms with Crippen molar-refractivity contribution < 1.29 is 13.7 Å². The van der Waals surface area contributed by atoms with Crippen molar-refractivity contribution in [3.63, 3.8) is 0 Å². The van der Waals surface area contributed by atoms with Crippen LogP contribution in [-0.4, -0.2) is 64.9 Å². The number of hydrogen-bond acceptors (Lipinski definition) is 6. The van der Waals surface area contributed by atoms with Gasteiger partial charge in [-0.05, 0) is 32.6 Å². The van der Waals surface area contributed by atoms with Crippen molar-refractivity contribution in [1.82, 2.24) is 15.0 Å². The van der Waals surface area contributed by atoms with Crippen molar-refractivity contribution in [2.24, 2.45) is 21.8 Å². The summed E-state index contributed by atoms with van der Waals surface area (Å²) in [6.45, 7) is 9.91. The SMILES string of the molecule is CC1=NC(N2CC3CN(Cc4c(C)noc4C)CC3C2)=NC(=O)C1F. The molecule has 3 aliphatic rings. The number of carbonyl (C=O) groups excluding carboxylic acids is 1. The highest BCUT2D eigenvalue weighted by Crippen LogP contribution is 2.33. The van der Waals surface area contributed by atoms with E-state index in [2.05, 4.69) is 20.0 Å². The first-order valence-corrected chi connectivity index (χ1v) is 8.63. The summed E-state index contributed by atoms with van der Waals surface area (Å²) in [5, 5.41) is 4.02. The molecule has 2 fully saturated rings. The highest BCUT2D eigenvalue weighted by atomic mass is 19.1. The Balaban J connectivity index is 1.40. The van der Waals surface area contributed by atoms with Gasteiger partial charge < -0.3 is 9.42 Å². The Bertz CT molecular complexity index is 738. The normalized spacial score (nSPS) is 29.8. The molecule has 1 aromatic heterocycles. The number of carbonyl (C=O) groups is 1. The van der Waals surface area contributed by atoms with Crippen LogP contribution in [0.15, 0.2) is 14.5 Å². The summed E-state index contributed by atoms with van der Waals surface area (Å²) in [6.07, 6.45) is -1.68. The maximum atomic E-state index is 13.5. The highest BCUT2D eigenvalue weighted by Gasteiger charge is 2.42. The molecule has 7 nitrogen and oxygen atoms in total. The Morgan fingerprint density at radius 1 is 1.12 bits per heavy atom. The lowest BCUT2D eigenvalue weighted by Crippen LogP contribution is -2.38. The van der Waals surface area contributed by atoms with Gasteiger partial charge in [-0.15, -0.1) is 0 Å². The number of aromatic nitrogens is 1. The molecule has 4 rings (SSSR count). The standard InChI is InChI=1S/C17H22FN5O2/c1-9-14(11(3)25-21-9)8-22-4-12-6-23(7-13(12)5-22)17-19-10(2)15(18)16(24)20-17/h12-13,15H,4-8H2,1-3H3. The molecule has 1 amide bonds. The molecule has 1 aromatic rings. The minimum absolute atomic E-state index is 0.201. The molecular formula is C17H22FN5O2. The predicted octanol–water partition coefficient (Wildman–Crippen LogP) is 1.35. The predicted molar refractivity (Wildman–Crippen MR) is 90.3 cm³/mol. The lowest BCUT2D eigenvalue weighted by atomic mass is 10.0. The number of aliphatic imine (C=N–C) groups is 2. The third-order valence-corrected chi connectivity index (χ3v) is 5.48. The number of guanidine groups is 1. The molecule has 0 bridgehead atoms. The number of halogens is 1. The van der Waals surface area contributed by atoms with Crippen molar-refractivity contribution in [3.8, 4) is 0 Å². The monoisotopic (exact) mass is 347 g/mol. The van der Waals surface area contributed by atoms with E-state index in [1.165, 1.54) is 5.56 Å². The van der Waals surface area contributed by atoms with Crippen molar-refractivity contribution in [3.05, 3.63) is 17.0 Å². The van der Waals surface area contributed by atoms with Gasteiger partial charge in [-0.2, -0.15) is 4.99 Å². The van der Waals surface area contributed by atoms with Crippen molar-refractivity contribution in [1.29, 1.82) is 0 Å². The average molecular weight is 347 g/mol. The van der Waals surface area contributed by atoms with Crippen LogP contribution in [0.4, 0.5) is 4.39 Å². The van der Waals surface area contributed by atoms with E-state index >= 15 is 0 Å². The Morgan fingerprint density at radius 2 is 1.80 bits per heavy atom. The average Bonchev–Trinajstić information content (AvgIpc) is 3.21. The number of nitrogens with zero attached hydrogens (tertiary/aromatic N) is 5. The summed E-state index contributed by atoms with van der Waals surface area (Å²) in [4.78, 5) is 24.1. The van der Waals surface area contributed by atoms with Crippen molar-refractivity contribution >= 4 is 17.6 Å². The quantitative estimate of drug-likeness (QED) is 0.807. The fraction of sp³-hybridized carbons (Fsp3) is 0.647. The zero-order valence-corrected chi connectivity index (χ0v) is 14.7. The van der Waals surface area contributed by atoms with E-state index in [1.807, 2.05) is 18.7 Å². The van der Waals surface area contributed by atoms with Gasteiger partial charge >= 0.3 is 0 Å². The molecule has 0 radical (unpaired) electrons. The van der Waals surface area contributed by atoms with Gasteiger partial charge in [-0.3, -0.25) is 9.69 Å². The molecule has 3 unspecified atom stereocenters. The van der Waals surface area contributed by atoms with Crippen LogP contribution in [0.3, 0.4) is 0 Å². The first kappa shape index (κ1) is 16.4. The minimum Gasteiger partial charge on any atom is -0.361 e. The fourth-order valence-corrected chi connectivity index (χ4v) is 4.05. The number of likely N-dealkylation sites (tertiary alicyclic amines) is 2. The fourth-order valence-electron chi connectivity index (χ4n) is 4.05. The largest absolute Gasteiger partial charge is 0.361 e. The first-order valence-electron chi connectivity index (χ1n) is 8.63. The Hall–Kier alpha value is -2.09. The molecule has 0 N–H and O–H groups in total. The molecule has 3 atom stereocenters. The maximum absolute atomic E-state index is 13.5. The van der Waals surface area contributed by atoms with Gasteiger partial charge in [0.05, 0.1) is 11.4 Å². The molecule has 0 saturated carbocycles. The van der Waals surface area contributed by atoms with Crippen LogP contribution in [0.5, 0.6) is 0 Å². The Kier molecular flexibility index (Phi) is 3.94.